The van der Waals surface area contributed by atoms with Gasteiger partial charge in [0.2, 0.25) is 5.89 Å². The number of nitro groups is 1. The molecule has 0 unspecified atom stereocenters. The number of oxazole rings is 1. The van der Waals surface area contributed by atoms with Crippen LogP contribution in [-0.4, -0.2) is 36.0 Å². The molecule has 1 aliphatic heterocycles. The van der Waals surface area contributed by atoms with Gasteiger partial charge in [-0.05, 0) is 61.4 Å². The molecule has 1 aromatic heterocycles. The Balaban J connectivity index is 1.39. The second-order valence-corrected chi connectivity index (χ2v) is 8.04. The van der Waals surface area contributed by atoms with E-state index in [-0.39, 0.29) is 11.3 Å². The minimum atomic E-state index is -0.439. The van der Waals surface area contributed by atoms with E-state index >= 15 is 0 Å². The van der Waals surface area contributed by atoms with Crippen molar-refractivity contribution >= 4 is 34.1 Å². The molecule has 34 heavy (non-hydrogen) atoms. The molecule has 0 spiro atoms. The molecule has 3 aromatic carbocycles. The predicted molar refractivity (Wildman–Crippen MR) is 128 cm³/mol. The number of carbonyl (C=O) groups is 1. The van der Waals surface area contributed by atoms with Crippen molar-refractivity contribution in [1.29, 1.82) is 0 Å². The first-order valence-corrected chi connectivity index (χ1v) is 10.9. The molecule has 1 amide bonds. The number of carbonyl (C=O) groups excluding carboxylic acids is 1. The number of rotatable bonds is 6. The summed E-state index contributed by atoms with van der Waals surface area (Å²) in [5.74, 6) is 0.690. The number of nitro benzene ring substituents is 1. The quantitative estimate of drug-likeness (QED) is 0.310. The first kappa shape index (κ1) is 21.4. The molecule has 0 bridgehead atoms. The van der Waals surface area contributed by atoms with E-state index in [9.17, 15) is 14.9 Å². The normalized spacial score (nSPS) is 13.3. The lowest BCUT2D eigenvalue weighted by molar-refractivity contribution is -0.384. The van der Waals surface area contributed by atoms with E-state index in [1.54, 1.807) is 37.4 Å². The van der Waals surface area contributed by atoms with Crippen LogP contribution >= 0.6 is 0 Å². The number of hydrogen-bond donors (Lipinski definition) is 1. The van der Waals surface area contributed by atoms with Gasteiger partial charge in [0.15, 0.2) is 5.58 Å². The highest BCUT2D eigenvalue weighted by molar-refractivity contribution is 6.05. The fourth-order valence-electron chi connectivity index (χ4n) is 4.12. The molecule has 9 heteroatoms. The minimum absolute atomic E-state index is 0.0653. The van der Waals surface area contributed by atoms with Gasteiger partial charge in [0.05, 0.1) is 12.0 Å². The van der Waals surface area contributed by atoms with Crippen LogP contribution in [0.5, 0.6) is 5.75 Å². The minimum Gasteiger partial charge on any atom is -0.497 e. The highest BCUT2D eigenvalue weighted by Gasteiger charge is 2.24. The maximum absolute atomic E-state index is 12.8. The number of aromatic nitrogens is 1. The molecular formula is C25H22N4O5. The van der Waals surface area contributed by atoms with Gasteiger partial charge in [0.1, 0.15) is 17.0 Å². The van der Waals surface area contributed by atoms with Crippen LogP contribution in [0, 0.1) is 10.1 Å². The highest BCUT2D eigenvalue weighted by atomic mass is 16.6. The fraction of sp³-hybridized carbons (Fsp3) is 0.200. The van der Waals surface area contributed by atoms with Crippen LogP contribution in [0.25, 0.3) is 22.6 Å². The smallest absolute Gasteiger partial charge is 0.293 e. The van der Waals surface area contributed by atoms with Gasteiger partial charge in [0.25, 0.3) is 11.6 Å². The summed E-state index contributed by atoms with van der Waals surface area (Å²) >= 11 is 0. The van der Waals surface area contributed by atoms with Gasteiger partial charge in [-0.3, -0.25) is 14.9 Å². The van der Waals surface area contributed by atoms with Gasteiger partial charge in [-0.25, -0.2) is 4.98 Å². The zero-order valence-corrected chi connectivity index (χ0v) is 18.5. The fourth-order valence-corrected chi connectivity index (χ4v) is 4.12. The average Bonchev–Trinajstić information content (AvgIpc) is 3.53. The van der Waals surface area contributed by atoms with Crippen molar-refractivity contribution in [1.82, 2.24) is 4.98 Å². The van der Waals surface area contributed by atoms with Crippen LogP contribution in [0.1, 0.15) is 23.2 Å². The Labute approximate surface area is 195 Å². The molecule has 1 saturated heterocycles. The van der Waals surface area contributed by atoms with Crippen LogP contribution in [0.15, 0.2) is 65.1 Å². The number of nitrogens with one attached hydrogen (secondary N) is 1. The van der Waals surface area contributed by atoms with Crippen LogP contribution < -0.4 is 15.0 Å². The maximum Gasteiger partial charge on any atom is 0.293 e. The molecule has 9 nitrogen and oxygen atoms in total. The third-order valence-corrected chi connectivity index (χ3v) is 5.84. The van der Waals surface area contributed by atoms with Gasteiger partial charge in [-0.15, -0.1) is 0 Å². The van der Waals surface area contributed by atoms with E-state index < -0.39 is 10.8 Å². The van der Waals surface area contributed by atoms with Crippen molar-refractivity contribution in [3.05, 3.63) is 76.3 Å². The van der Waals surface area contributed by atoms with Crippen LogP contribution in [-0.2, 0) is 0 Å². The molecule has 1 fully saturated rings. The number of hydrogen-bond acceptors (Lipinski definition) is 7. The van der Waals surface area contributed by atoms with Gasteiger partial charge in [0, 0.05) is 36.0 Å². The Morgan fingerprint density at radius 2 is 1.94 bits per heavy atom. The number of benzene rings is 3. The Bertz CT molecular complexity index is 1390. The SMILES string of the molecule is COc1cccc(-c2nc3cc(NC(=O)c4ccc(N5CCCC5)c([N+](=O)[O-])c4)ccc3o2)c1. The van der Waals surface area contributed by atoms with Crippen molar-refractivity contribution in [3.63, 3.8) is 0 Å². The van der Waals surface area contributed by atoms with Crippen LogP contribution in [0.4, 0.5) is 17.1 Å². The lowest BCUT2D eigenvalue weighted by Crippen LogP contribution is -2.19. The Hall–Kier alpha value is -4.40. The standard InChI is InChI=1S/C25H22N4O5/c1-33-19-6-4-5-17(13-19)25-27-20-15-18(8-10-23(20)34-25)26-24(30)16-7-9-21(22(14-16)29(31)32)28-11-2-3-12-28/h4-10,13-15H,2-3,11-12H2,1H3,(H,26,30). The van der Waals surface area contributed by atoms with Crippen molar-refractivity contribution in [2.75, 3.05) is 30.4 Å². The lowest BCUT2D eigenvalue weighted by atomic mass is 10.1. The van der Waals surface area contributed by atoms with E-state index in [0.717, 1.165) is 31.5 Å². The summed E-state index contributed by atoms with van der Waals surface area (Å²) in [4.78, 5) is 30.6. The third-order valence-electron chi connectivity index (χ3n) is 5.84. The Morgan fingerprint density at radius 3 is 2.71 bits per heavy atom. The van der Waals surface area contributed by atoms with Crippen LogP contribution in [0.3, 0.4) is 0 Å². The van der Waals surface area contributed by atoms with Gasteiger partial charge < -0.3 is 19.4 Å². The number of methoxy groups -OCH3 is 1. The molecule has 0 saturated carbocycles. The van der Waals surface area contributed by atoms with Gasteiger partial charge in [-0.1, -0.05) is 6.07 Å². The Kier molecular flexibility index (Phi) is 5.59. The van der Waals surface area contributed by atoms with Crippen molar-refractivity contribution < 1.29 is 18.9 Å². The molecule has 172 valence electrons. The zero-order chi connectivity index (χ0) is 23.7. The third kappa shape index (κ3) is 4.15. The monoisotopic (exact) mass is 458 g/mol. The molecule has 0 atom stereocenters. The van der Waals surface area contributed by atoms with Crippen molar-refractivity contribution in [2.24, 2.45) is 0 Å². The second kappa shape index (κ2) is 8.86. The molecule has 1 aliphatic rings. The average molecular weight is 458 g/mol. The summed E-state index contributed by atoms with van der Waals surface area (Å²) in [6.07, 6.45) is 2.01. The molecule has 1 N–H and O–H groups in total. The molecule has 0 radical (unpaired) electrons. The van der Waals surface area contributed by atoms with E-state index in [2.05, 4.69) is 10.3 Å². The van der Waals surface area contributed by atoms with E-state index in [1.807, 2.05) is 29.2 Å². The number of ether oxygens (including phenoxy) is 1. The zero-order valence-electron chi connectivity index (χ0n) is 18.5. The Morgan fingerprint density at radius 1 is 1.12 bits per heavy atom. The van der Waals surface area contributed by atoms with Crippen LogP contribution in [0.2, 0.25) is 0 Å². The summed E-state index contributed by atoms with van der Waals surface area (Å²) in [6.45, 7) is 1.56. The predicted octanol–water partition coefficient (Wildman–Crippen LogP) is 5.26. The number of anilines is 2. The molecule has 5 rings (SSSR count). The lowest BCUT2D eigenvalue weighted by Gasteiger charge is -2.17. The van der Waals surface area contributed by atoms with E-state index in [4.69, 9.17) is 9.15 Å². The second-order valence-electron chi connectivity index (χ2n) is 8.04. The van der Waals surface area contributed by atoms with E-state index in [1.165, 1.54) is 6.07 Å². The van der Waals surface area contributed by atoms with Crippen molar-refractivity contribution in [3.8, 4) is 17.2 Å². The van der Waals surface area contributed by atoms with Crippen molar-refractivity contribution in [2.45, 2.75) is 12.8 Å². The molecular weight excluding hydrogens is 436 g/mol. The number of fused-ring (bicyclic) bond motifs is 1. The summed E-state index contributed by atoms with van der Waals surface area (Å²) in [5.41, 5.74) is 3.12. The summed E-state index contributed by atoms with van der Waals surface area (Å²) in [6, 6.07) is 17.1. The summed E-state index contributed by atoms with van der Waals surface area (Å²) < 4.78 is 11.1. The van der Waals surface area contributed by atoms with Gasteiger partial charge in [-0.2, -0.15) is 0 Å². The number of amides is 1. The van der Waals surface area contributed by atoms with Gasteiger partial charge >= 0.3 is 0 Å². The highest BCUT2D eigenvalue weighted by Crippen LogP contribution is 2.32. The molecule has 4 aromatic rings. The van der Waals surface area contributed by atoms with E-state index in [0.29, 0.717) is 34.1 Å². The first-order chi connectivity index (χ1) is 16.5. The number of nitrogens with zero attached hydrogens (tertiary/aromatic N) is 3. The maximum atomic E-state index is 12.8. The molecule has 2 heterocycles. The summed E-state index contributed by atoms with van der Waals surface area (Å²) in [7, 11) is 1.59. The summed E-state index contributed by atoms with van der Waals surface area (Å²) in [5, 5.41) is 14.4. The first-order valence-electron chi connectivity index (χ1n) is 10.9. The topological polar surface area (TPSA) is 111 Å². The molecule has 0 aliphatic carbocycles. The largest absolute Gasteiger partial charge is 0.497 e.